The second-order valence-electron chi connectivity index (χ2n) is 4.45. The Bertz CT molecular complexity index is 596. The van der Waals surface area contributed by atoms with Crippen LogP contribution in [0.2, 0.25) is 0 Å². The van der Waals surface area contributed by atoms with Crippen molar-refractivity contribution in [3.63, 3.8) is 0 Å². The number of carbonyl (C=O) groups excluding carboxylic acids is 1. The number of para-hydroxylation sites is 2. The Labute approximate surface area is 121 Å². The van der Waals surface area contributed by atoms with Crippen LogP contribution >= 0.6 is 11.3 Å². The molecule has 20 heavy (non-hydrogen) atoms. The van der Waals surface area contributed by atoms with Gasteiger partial charge in [0.25, 0.3) is 5.91 Å². The normalized spacial score (nSPS) is 10.6. The van der Waals surface area contributed by atoms with Gasteiger partial charge >= 0.3 is 0 Å². The average Bonchev–Trinajstić information content (AvgIpc) is 2.89. The molecule has 0 aliphatic carbocycles. The molecule has 1 aromatic carbocycles. The molecule has 1 amide bonds. The maximum absolute atomic E-state index is 12.1. The molecule has 1 heterocycles. The summed E-state index contributed by atoms with van der Waals surface area (Å²) in [5, 5.41) is 5.24. The third-order valence-electron chi connectivity index (χ3n) is 2.46. The van der Waals surface area contributed by atoms with E-state index in [4.69, 9.17) is 10.5 Å². The summed E-state index contributed by atoms with van der Waals surface area (Å²) >= 11 is 1.38. The lowest BCUT2D eigenvalue weighted by Crippen LogP contribution is -2.15. The number of nitrogens with zero attached hydrogens (tertiary/aromatic N) is 1. The SMILES string of the molecule is CC(C)Oc1ccccc1NC(=O)c1csc(CN)n1. The number of nitrogens with one attached hydrogen (secondary N) is 1. The fourth-order valence-corrected chi connectivity index (χ4v) is 2.28. The lowest BCUT2D eigenvalue weighted by Gasteiger charge is -2.14. The molecular formula is C14H17N3O2S. The number of carbonyl (C=O) groups is 1. The predicted molar refractivity (Wildman–Crippen MR) is 80.2 cm³/mol. The monoisotopic (exact) mass is 291 g/mol. The Hall–Kier alpha value is -1.92. The van der Waals surface area contributed by atoms with Gasteiger partial charge in [0.2, 0.25) is 0 Å². The van der Waals surface area contributed by atoms with E-state index in [2.05, 4.69) is 10.3 Å². The highest BCUT2D eigenvalue weighted by Crippen LogP contribution is 2.25. The minimum Gasteiger partial charge on any atom is -0.489 e. The first kappa shape index (κ1) is 14.5. The van der Waals surface area contributed by atoms with Gasteiger partial charge in [-0.15, -0.1) is 11.3 Å². The van der Waals surface area contributed by atoms with Gasteiger partial charge in [-0.05, 0) is 26.0 Å². The molecular weight excluding hydrogens is 274 g/mol. The molecule has 0 fully saturated rings. The fraction of sp³-hybridized carbons (Fsp3) is 0.286. The van der Waals surface area contributed by atoms with Crippen LogP contribution in [-0.2, 0) is 6.54 Å². The minimum absolute atomic E-state index is 0.0381. The molecule has 0 atom stereocenters. The van der Waals surface area contributed by atoms with Crippen LogP contribution in [0.15, 0.2) is 29.6 Å². The van der Waals surface area contributed by atoms with Crippen molar-refractivity contribution < 1.29 is 9.53 Å². The zero-order valence-electron chi connectivity index (χ0n) is 11.4. The van der Waals surface area contributed by atoms with Crippen molar-refractivity contribution in [2.24, 2.45) is 5.73 Å². The van der Waals surface area contributed by atoms with Gasteiger partial charge in [0.15, 0.2) is 0 Å². The van der Waals surface area contributed by atoms with Crippen molar-refractivity contribution in [1.29, 1.82) is 0 Å². The Morgan fingerprint density at radius 3 is 2.85 bits per heavy atom. The number of rotatable bonds is 5. The first-order valence-corrected chi connectivity index (χ1v) is 7.19. The smallest absolute Gasteiger partial charge is 0.275 e. The van der Waals surface area contributed by atoms with Gasteiger partial charge in [-0.2, -0.15) is 0 Å². The summed E-state index contributed by atoms with van der Waals surface area (Å²) in [5.74, 6) is 0.380. The zero-order chi connectivity index (χ0) is 14.5. The highest BCUT2D eigenvalue weighted by atomic mass is 32.1. The summed E-state index contributed by atoms with van der Waals surface area (Å²) in [4.78, 5) is 16.3. The molecule has 0 radical (unpaired) electrons. The Kier molecular flexibility index (Phi) is 4.70. The van der Waals surface area contributed by atoms with Gasteiger partial charge in [0.05, 0.1) is 11.8 Å². The summed E-state index contributed by atoms with van der Waals surface area (Å²) in [6.07, 6.45) is 0.0381. The number of aromatic nitrogens is 1. The first-order valence-electron chi connectivity index (χ1n) is 6.31. The molecule has 0 saturated heterocycles. The summed E-state index contributed by atoms with van der Waals surface area (Å²) in [6, 6.07) is 7.33. The van der Waals surface area contributed by atoms with E-state index in [1.54, 1.807) is 11.4 Å². The molecule has 6 heteroatoms. The third kappa shape index (κ3) is 3.55. The number of benzene rings is 1. The second kappa shape index (κ2) is 6.49. The third-order valence-corrected chi connectivity index (χ3v) is 3.33. The number of nitrogens with two attached hydrogens (primary N) is 1. The molecule has 0 spiro atoms. The molecule has 1 aromatic heterocycles. The number of ether oxygens (including phenoxy) is 1. The topological polar surface area (TPSA) is 77.2 Å². The molecule has 3 N–H and O–H groups in total. The van der Waals surface area contributed by atoms with Gasteiger partial charge in [-0.25, -0.2) is 4.98 Å². The number of thiazole rings is 1. The molecule has 5 nitrogen and oxygen atoms in total. The molecule has 2 aromatic rings. The van der Waals surface area contributed by atoms with Crippen LogP contribution < -0.4 is 15.8 Å². The summed E-state index contributed by atoms with van der Waals surface area (Å²) in [7, 11) is 0. The lowest BCUT2D eigenvalue weighted by atomic mass is 10.2. The van der Waals surface area contributed by atoms with Gasteiger partial charge in [0, 0.05) is 11.9 Å². The second-order valence-corrected chi connectivity index (χ2v) is 5.39. The highest BCUT2D eigenvalue weighted by Gasteiger charge is 2.13. The molecule has 0 bridgehead atoms. The van der Waals surface area contributed by atoms with E-state index in [0.29, 0.717) is 23.7 Å². The van der Waals surface area contributed by atoms with Crippen molar-refractivity contribution in [2.45, 2.75) is 26.5 Å². The summed E-state index contributed by atoms with van der Waals surface area (Å²) < 4.78 is 5.66. The van der Waals surface area contributed by atoms with E-state index in [0.717, 1.165) is 5.01 Å². The van der Waals surface area contributed by atoms with E-state index < -0.39 is 0 Å². The summed E-state index contributed by atoms with van der Waals surface area (Å²) in [6.45, 7) is 4.21. The quantitative estimate of drug-likeness (QED) is 0.887. The lowest BCUT2D eigenvalue weighted by molar-refractivity contribution is 0.102. The molecule has 0 aliphatic rings. The van der Waals surface area contributed by atoms with Crippen molar-refractivity contribution in [2.75, 3.05) is 5.32 Å². The van der Waals surface area contributed by atoms with Crippen molar-refractivity contribution in [1.82, 2.24) is 4.98 Å². The average molecular weight is 291 g/mol. The van der Waals surface area contributed by atoms with Gasteiger partial charge in [0.1, 0.15) is 16.5 Å². The molecule has 0 saturated carbocycles. The molecule has 0 aliphatic heterocycles. The zero-order valence-corrected chi connectivity index (χ0v) is 12.2. The predicted octanol–water partition coefficient (Wildman–Crippen LogP) is 2.64. The van der Waals surface area contributed by atoms with Crippen LogP contribution in [0, 0.1) is 0 Å². The Morgan fingerprint density at radius 1 is 1.45 bits per heavy atom. The van der Waals surface area contributed by atoms with Gasteiger partial charge in [-0.3, -0.25) is 4.79 Å². The van der Waals surface area contributed by atoms with Crippen LogP contribution in [0.25, 0.3) is 0 Å². The van der Waals surface area contributed by atoms with Crippen molar-refractivity contribution in [3.05, 3.63) is 40.3 Å². The van der Waals surface area contributed by atoms with E-state index in [9.17, 15) is 4.79 Å². The van der Waals surface area contributed by atoms with Crippen molar-refractivity contribution in [3.8, 4) is 5.75 Å². The number of amides is 1. The largest absolute Gasteiger partial charge is 0.489 e. The van der Waals surface area contributed by atoms with Gasteiger partial charge in [-0.1, -0.05) is 12.1 Å². The summed E-state index contributed by atoms with van der Waals surface area (Å²) in [5.41, 5.74) is 6.49. The minimum atomic E-state index is -0.263. The van der Waals surface area contributed by atoms with Crippen LogP contribution in [0.3, 0.4) is 0 Å². The maximum atomic E-state index is 12.1. The van der Waals surface area contributed by atoms with Crippen molar-refractivity contribution >= 4 is 22.9 Å². The number of anilines is 1. The van der Waals surface area contributed by atoms with Crippen LogP contribution in [0.1, 0.15) is 29.3 Å². The van der Waals surface area contributed by atoms with E-state index in [-0.39, 0.29) is 12.0 Å². The molecule has 2 rings (SSSR count). The maximum Gasteiger partial charge on any atom is 0.275 e. The van der Waals surface area contributed by atoms with E-state index in [1.165, 1.54) is 11.3 Å². The van der Waals surface area contributed by atoms with E-state index in [1.807, 2.05) is 32.0 Å². The fourth-order valence-electron chi connectivity index (χ4n) is 1.62. The van der Waals surface area contributed by atoms with Gasteiger partial charge < -0.3 is 15.8 Å². The van der Waals surface area contributed by atoms with Crippen LogP contribution in [-0.4, -0.2) is 17.0 Å². The number of hydrogen-bond donors (Lipinski definition) is 2. The first-order chi connectivity index (χ1) is 9.60. The highest BCUT2D eigenvalue weighted by molar-refractivity contribution is 7.09. The Balaban J connectivity index is 2.15. The molecule has 0 unspecified atom stereocenters. The van der Waals surface area contributed by atoms with Crippen LogP contribution in [0.5, 0.6) is 5.75 Å². The molecule has 106 valence electrons. The van der Waals surface area contributed by atoms with E-state index >= 15 is 0 Å². The van der Waals surface area contributed by atoms with Crippen LogP contribution in [0.4, 0.5) is 5.69 Å². The standard InChI is InChI=1S/C14H17N3O2S/c1-9(2)19-12-6-4-3-5-10(12)17-14(18)11-8-20-13(7-15)16-11/h3-6,8-9H,7,15H2,1-2H3,(H,17,18). The Morgan fingerprint density at radius 2 is 2.20 bits per heavy atom. The number of hydrogen-bond acceptors (Lipinski definition) is 5.